The highest BCUT2D eigenvalue weighted by Gasteiger charge is 2.15. The molecule has 0 spiro atoms. The van der Waals surface area contributed by atoms with Gasteiger partial charge in [0.2, 0.25) is 5.91 Å². The third kappa shape index (κ3) is 3.29. The van der Waals surface area contributed by atoms with E-state index in [0.717, 1.165) is 4.47 Å². The van der Waals surface area contributed by atoms with Gasteiger partial charge in [0, 0.05) is 28.9 Å². The summed E-state index contributed by atoms with van der Waals surface area (Å²) in [7, 11) is 0. The van der Waals surface area contributed by atoms with E-state index in [1.54, 1.807) is 12.1 Å². The van der Waals surface area contributed by atoms with Crippen LogP contribution in [-0.4, -0.2) is 25.0 Å². The summed E-state index contributed by atoms with van der Waals surface area (Å²) in [4.78, 5) is 11.6. The van der Waals surface area contributed by atoms with Crippen LogP contribution in [0.25, 0.3) is 0 Å². The second-order valence-electron chi connectivity index (χ2n) is 3.82. The Morgan fingerprint density at radius 2 is 2.00 bits per heavy atom. The Morgan fingerprint density at radius 1 is 1.33 bits per heavy atom. The maximum atomic E-state index is 11.6. The van der Waals surface area contributed by atoms with Gasteiger partial charge in [0.1, 0.15) is 13.2 Å². The fourth-order valence-electron chi connectivity index (χ4n) is 1.60. The molecule has 0 radical (unpaired) electrons. The third-order valence-electron chi connectivity index (χ3n) is 2.44. The predicted molar refractivity (Wildman–Crippen MR) is 73.7 cm³/mol. The van der Waals surface area contributed by atoms with Gasteiger partial charge in [0.25, 0.3) is 0 Å². The molecule has 0 aromatic heterocycles. The fraction of sp³-hybridized carbons (Fsp3) is 0.417. The molecule has 1 amide bonds. The Kier molecular flexibility index (Phi) is 4.72. The van der Waals surface area contributed by atoms with Crippen LogP contribution < -0.4 is 14.8 Å². The number of benzene rings is 1. The van der Waals surface area contributed by atoms with Crippen LogP contribution in [0.1, 0.15) is 12.8 Å². The predicted octanol–water partition coefficient (Wildman–Crippen LogP) is 3.18. The van der Waals surface area contributed by atoms with Gasteiger partial charge in [0.15, 0.2) is 11.5 Å². The molecule has 0 fully saturated rings. The first-order valence-electron chi connectivity index (χ1n) is 5.65. The molecule has 1 aromatic rings. The number of hydrogen-bond acceptors (Lipinski definition) is 3. The first kappa shape index (κ1) is 13.5. The SMILES string of the molecule is O=C(CCCCl)Nc1cc2c(cc1Br)OCCO2. The molecule has 18 heavy (non-hydrogen) atoms. The lowest BCUT2D eigenvalue weighted by atomic mass is 10.2. The smallest absolute Gasteiger partial charge is 0.224 e. The largest absolute Gasteiger partial charge is 0.486 e. The molecule has 1 aromatic carbocycles. The summed E-state index contributed by atoms with van der Waals surface area (Å²) in [5, 5.41) is 2.82. The standard InChI is InChI=1S/C12H13BrClNO3/c13-8-6-10-11(18-5-4-17-10)7-9(8)15-12(16)2-1-3-14/h6-7H,1-5H2,(H,15,16). The number of nitrogens with one attached hydrogen (secondary N) is 1. The quantitative estimate of drug-likeness (QED) is 0.860. The van der Waals surface area contributed by atoms with E-state index in [4.69, 9.17) is 21.1 Å². The van der Waals surface area contributed by atoms with Gasteiger partial charge in [-0.1, -0.05) is 0 Å². The minimum Gasteiger partial charge on any atom is -0.486 e. The number of anilines is 1. The fourth-order valence-corrected chi connectivity index (χ4v) is 2.15. The number of carbonyl (C=O) groups is 1. The maximum absolute atomic E-state index is 11.6. The monoisotopic (exact) mass is 333 g/mol. The summed E-state index contributed by atoms with van der Waals surface area (Å²) in [5.41, 5.74) is 0.679. The van der Waals surface area contributed by atoms with Crippen molar-refractivity contribution < 1.29 is 14.3 Å². The number of amides is 1. The summed E-state index contributed by atoms with van der Waals surface area (Å²) >= 11 is 8.94. The second kappa shape index (κ2) is 6.29. The molecule has 6 heteroatoms. The number of alkyl halides is 1. The Morgan fingerprint density at radius 3 is 2.67 bits per heavy atom. The molecule has 1 heterocycles. The van der Waals surface area contributed by atoms with E-state index in [-0.39, 0.29) is 5.91 Å². The van der Waals surface area contributed by atoms with Crippen LogP contribution >= 0.6 is 27.5 Å². The second-order valence-corrected chi connectivity index (χ2v) is 5.05. The van der Waals surface area contributed by atoms with E-state index in [1.807, 2.05) is 0 Å². The molecule has 0 bridgehead atoms. The number of halogens is 2. The average Bonchev–Trinajstić information content (AvgIpc) is 2.37. The van der Waals surface area contributed by atoms with Crippen molar-refractivity contribution in [1.29, 1.82) is 0 Å². The highest BCUT2D eigenvalue weighted by atomic mass is 79.9. The Balaban J connectivity index is 2.10. The zero-order chi connectivity index (χ0) is 13.0. The van der Waals surface area contributed by atoms with Crippen molar-refractivity contribution in [2.45, 2.75) is 12.8 Å². The van der Waals surface area contributed by atoms with Gasteiger partial charge in [-0.25, -0.2) is 0 Å². The van der Waals surface area contributed by atoms with Gasteiger partial charge < -0.3 is 14.8 Å². The summed E-state index contributed by atoms with van der Waals surface area (Å²) in [5.74, 6) is 1.76. The van der Waals surface area contributed by atoms with E-state index < -0.39 is 0 Å². The molecule has 2 rings (SSSR count). The summed E-state index contributed by atoms with van der Waals surface area (Å²) in [6.45, 7) is 1.06. The molecule has 1 aliphatic heterocycles. The average molecular weight is 335 g/mol. The van der Waals surface area contributed by atoms with E-state index in [9.17, 15) is 4.79 Å². The van der Waals surface area contributed by atoms with Crippen LogP contribution in [-0.2, 0) is 4.79 Å². The first-order valence-corrected chi connectivity index (χ1v) is 6.98. The lowest BCUT2D eigenvalue weighted by Gasteiger charge is -2.20. The van der Waals surface area contributed by atoms with E-state index in [2.05, 4.69) is 21.2 Å². The van der Waals surface area contributed by atoms with Crippen LogP contribution in [0.4, 0.5) is 5.69 Å². The first-order chi connectivity index (χ1) is 8.70. The zero-order valence-corrected chi connectivity index (χ0v) is 12.0. The highest BCUT2D eigenvalue weighted by Crippen LogP contribution is 2.38. The van der Waals surface area contributed by atoms with E-state index >= 15 is 0 Å². The van der Waals surface area contributed by atoms with Gasteiger partial charge in [-0.15, -0.1) is 11.6 Å². The van der Waals surface area contributed by atoms with Gasteiger partial charge in [-0.05, 0) is 22.4 Å². The molecule has 98 valence electrons. The molecule has 0 saturated heterocycles. The molecule has 4 nitrogen and oxygen atoms in total. The minimum atomic E-state index is -0.0620. The zero-order valence-electron chi connectivity index (χ0n) is 9.67. The molecular formula is C12H13BrClNO3. The van der Waals surface area contributed by atoms with Crippen LogP contribution in [0.2, 0.25) is 0 Å². The normalized spacial score (nSPS) is 13.2. The molecule has 0 aliphatic carbocycles. The minimum absolute atomic E-state index is 0.0620. The summed E-state index contributed by atoms with van der Waals surface area (Å²) in [6.07, 6.45) is 1.07. The molecule has 0 saturated carbocycles. The van der Waals surface area contributed by atoms with Crippen LogP contribution in [0.15, 0.2) is 16.6 Å². The molecule has 1 N–H and O–H groups in total. The lowest BCUT2D eigenvalue weighted by Crippen LogP contribution is -2.16. The highest BCUT2D eigenvalue weighted by molar-refractivity contribution is 9.10. The topological polar surface area (TPSA) is 47.6 Å². The summed E-state index contributed by atoms with van der Waals surface area (Å²) < 4.78 is 11.7. The Bertz CT molecular complexity index is 453. The van der Waals surface area contributed by atoms with Crippen LogP contribution in [0, 0.1) is 0 Å². The van der Waals surface area contributed by atoms with E-state index in [1.165, 1.54) is 0 Å². The van der Waals surface area contributed by atoms with E-state index in [0.29, 0.717) is 49.1 Å². The Hall–Kier alpha value is -0.940. The van der Waals surface area contributed by atoms with Gasteiger partial charge in [-0.3, -0.25) is 4.79 Å². The van der Waals surface area contributed by atoms with Crippen molar-refractivity contribution in [3.05, 3.63) is 16.6 Å². The van der Waals surface area contributed by atoms with Crippen molar-refractivity contribution in [3.63, 3.8) is 0 Å². The van der Waals surface area contributed by atoms with Crippen molar-refractivity contribution in [2.75, 3.05) is 24.4 Å². The summed E-state index contributed by atoms with van der Waals surface area (Å²) in [6, 6.07) is 3.56. The number of rotatable bonds is 4. The van der Waals surface area contributed by atoms with Crippen molar-refractivity contribution in [1.82, 2.24) is 0 Å². The van der Waals surface area contributed by atoms with Crippen molar-refractivity contribution in [3.8, 4) is 11.5 Å². The molecule has 1 aliphatic rings. The van der Waals surface area contributed by atoms with Crippen molar-refractivity contribution >= 4 is 39.1 Å². The lowest BCUT2D eigenvalue weighted by molar-refractivity contribution is -0.116. The third-order valence-corrected chi connectivity index (χ3v) is 3.37. The van der Waals surface area contributed by atoms with Crippen LogP contribution in [0.5, 0.6) is 11.5 Å². The molecule has 0 unspecified atom stereocenters. The number of hydrogen-bond donors (Lipinski definition) is 1. The molecular weight excluding hydrogens is 321 g/mol. The van der Waals surface area contributed by atoms with Gasteiger partial charge in [0.05, 0.1) is 5.69 Å². The maximum Gasteiger partial charge on any atom is 0.224 e. The number of fused-ring (bicyclic) bond motifs is 1. The number of ether oxygens (including phenoxy) is 2. The van der Waals surface area contributed by atoms with Gasteiger partial charge in [-0.2, -0.15) is 0 Å². The van der Waals surface area contributed by atoms with Crippen LogP contribution in [0.3, 0.4) is 0 Å². The Labute approximate surface area is 119 Å². The molecule has 0 atom stereocenters. The van der Waals surface area contributed by atoms with Crippen molar-refractivity contribution in [2.24, 2.45) is 0 Å². The van der Waals surface area contributed by atoms with Gasteiger partial charge >= 0.3 is 0 Å². The number of carbonyl (C=O) groups excluding carboxylic acids is 1.